The van der Waals surface area contributed by atoms with Crippen LogP contribution in [0.15, 0.2) is 12.2 Å². The van der Waals surface area contributed by atoms with Gasteiger partial charge in [0.05, 0.1) is 0 Å². The number of hydrogen-bond acceptors (Lipinski definition) is 4. The van der Waals surface area contributed by atoms with Crippen molar-refractivity contribution < 1.29 is 19.2 Å². The number of carbonyl (C=O) groups is 4. The monoisotopic (exact) mass is 239 g/mol. The average Bonchev–Trinajstić information content (AvgIpc) is 2.54. The molecule has 92 valence electrons. The Balaban J connectivity index is 2.66. The molecular formula is C10H13N3O4. The maximum absolute atomic E-state index is 11.3. The molecule has 0 aromatic heterocycles. The normalized spacial score (nSPS) is 16.4. The van der Waals surface area contributed by atoms with Crippen molar-refractivity contribution >= 4 is 23.6 Å². The molecule has 0 spiro atoms. The molecule has 1 heterocycles. The Kier molecular flexibility index (Phi) is 3.97. The van der Waals surface area contributed by atoms with E-state index in [-0.39, 0.29) is 12.8 Å². The zero-order valence-electron chi connectivity index (χ0n) is 9.09. The molecule has 0 saturated carbocycles. The highest BCUT2D eigenvalue weighted by Gasteiger charge is 2.34. The van der Waals surface area contributed by atoms with E-state index in [1.807, 2.05) is 0 Å². The van der Waals surface area contributed by atoms with E-state index < -0.39 is 29.7 Å². The molecule has 1 aliphatic heterocycles. The number of imide groups is 1. The van der Waals surface area contributed by atoms with Crippen LogP contribution in [0.3, 0.4) is 0 Å². The Morgan fingerprint density at radius 1 is 1.18 bits per heavy atom. The lowest BCUT2D eigenvalue weighted by molar-refractivity contribution is -0.144. The molecule has 0 saturated heterocycles. The van der Waals surface area contributed by atoms with E-state index in [9.17, 15) is 19.2 Å². The van der Waals surface area contributed by atoms with E-state index in [1.54, 1.807) is 0 Å². The van der Waals surface area contributed by atoms with Gasteiger partial charge in [0.1, 0.15) is 6.04 Å². The van der Waals surface area contributed by atoms with Crippen LogP contribution in [0.2, 0.25) is 0 Å². The lowest BCUT2D eigenvalue weighted by atomic mass is 10.1. The van der Waals surface area contributed by atoms with E-state index in [4.69, 9.17) is 11.5 Å². The van der Waals surface area contributed by atoms with E-state index >= 15 is 0 Å². The number of nitrogens with zero attached hydrogens (tertiary/aromatic N) is 1. The highest BCUT2D eigenvalue weighted by atomic mass is 16.2. The minimum Gasteiger partial charge on any atom is -0.370 e. The Morgan fingerprint density at radius 2 is 1.71 bits per heavy atom. The van der Waals surface area contributed by atoms with Crippen molar-refractivity contribution in [2.45, 2.75) is 25.3 Å². The first-order chi connectivity index (χ1) is 7.93. The highest BCUT2D eigenvalue weighted by molar-refractivity contribution is 6.15. The molecule has 0 radical (unpaired) electrons. The Hall–Kier alpha value is -2.18. The van der Waals surface area contributed by atoms with Gasteiger partial charge in [0, 0.05) is 18.6 Å². The molecule has 0 aromatic rings. The summed E-state index contributed by atoms with van der Waals surface area (Å²) in [5.41, 5.74) is 10.1. The molecule has 4 amide bonds. The summed E-state index contributed by atoms with van der Waals surface area (Å²) in [6, 6.07) is -1.02. The topological polar surface area (TPSA) is 124 Å². The fourth-order valence-corrected chi connectivity index (χ4v) is 1.59. The van der Waals surface area contributed by atoms with Crippen molar-refractivity contribution in [3.8, 4) is 0 Å². The van der Waals surface area contributed by atoms with Crippen molar-refractivity contribution in [2.24, 2.45) is 11.5 Å². The number of primary amides is 2. The van der Waals surface area contributed by atoms with Crippen molar-refractivity contribution in [3.63, 3.8) is 0 Å². The fraction of sp³-hybridized carbons (Fsp3) is 0.400. The summed E-state index contributed by atoms with van der Waals surface area (Å²) in [6.45, 7) is 0. The molecule has 0 bridgehead atoms. The Morgan fingerprint density at radius 3 is 2.12 bits per heavy atom. The molecule has 7 heteroatoms. The largest absolute Gasteiger partial charge is 0.370 e. The molecule has 1 aliphatic rings. The molecular weight excluding hydrogens is 226 g/mol. The first-order valence-corrected chi connectivity index (χ1v) is 5.06. The van der Waals surface area contributed by atoms with Gasteiger partial charge in [-0.25, -0.2) is 0 Å². The van der Waals surface area contributed by atoms with Gasteiger partial charge in [-0.15, -0.1) is 0 Å². The van der Waals surface area contributed by atoms with E-state index in [0.717, 1.165) is 17.1 Å². The minimum absolute atomic E-state index is 0.0768. The first kappa shape index (κ1) is 12.9. The summed E-state index contributed by atoms with van der Waals surface area (Å²) in [5, 5.41) is 0. The summed E-state index contributed by atoms with van der Waals surface area (Å²) >= 11 is 0. The smallest absolute Gasteiger partial charge is 0.254 e. The van der Waals surface area contributed by atoms with E-state index in [1.165, 1.54) is 0 Å². The van der Waals surface area contributed by atoms with Gasteiger partial charge in [-0.1, -0.05) is 0 Å². The second-order valence-corrected chi connectivity index (χ2v) is 3.66. The molecule has 0 fully saturated rings. The van der Waals surface area contributed by atoms with Gasteiger partial charge in [0.25, 0.3) is 11.8 Å². The number of carbonyl (C=O) groups excluding carboxylic acids is 4. The van der Waals surface area contributed by atoms with Gasteiger partial charge >= 0.3 is 0 Å². The van der Waals surface area contributed by atoms with Crippen molar-refractivity contribution in [1.29, 1.82) is 0 Å². The highest BCUT2D eigenvalue weighted by Crippen LogP contribution is 2.14. The molecule has 0 aromatic carbocycles. The van der Waals surface area contributed by atoms with Crippen LogP contribution in [0.4, 0.5) is 0 Å². The van der Waals surface area contributed by atoms with E-state index in [2.05, 4.69) is 0 Å². The third kappa shape index (κ3) is 3.13. The quantitative estimate of drug-likeness (QED) is 0.543. The fourth-order valence-electron chi connectivity index (χ4n) is 1.59. The average molecular weight is 239 g/mol. The second kappa shape index (κ2) is 5.24. The Labute approximate surface area is 97.4 Å². The van der Waals surface area contributed by atoms with Crippen LogP contribution in [0.1, 0.15) is 19.3 Å². The van der Waals surface area contributed by atoms with Gasteiger partial charge < -0.3 is 11.5 Å². The molecule has 0 aliphatic carbocycles. The number of hydrogen-bond donors (Lipinski definition) is 2. The Bertz CT molecular complexity index is 384. The standard InChI is InChI=1S/C10H13N3O4/c11-7(14)3-1-2-6(10(12)17)13-8(15)4-5-9(13)16/h4-6H,1-3H2,(H2,11,14)(H2,12,17). The van der Waals surface area contributed by atoms with Gasteiger partial charge in [0.15, 0.2) is 0 Å². The predicted molar refractivity (Wildman–Crippen MR) is 57.0 cm³/mol. The zero-order chi connectivity index (χ0) is 13.0. The lowest BCUT2D eigenvalue weighted by Gasteiger charge is -2.22. The van der Waals surface area contributed by atoms with Crippen LogP contribution in [-0.4, -0.2) is 34.6 Å². The van der Waals surface area contributed by atoms with Crippen LogP contribution in [-0.2, 0) is 19.2 Å². The molecule has 7 nitrogen and oxygen atoms in total. The van der Waals surface area contributed by atoms with Crippen LogP contribution in [0.5, 0.6) is 0 Å². The number of amides is 4. The number of rotatable bonds is 6. The lowest BCUT2D eigenvalue weighted by Crippen LogP contribution is -2.47. The predicted octanol–water partition coefficient (Wildman–Crippen LogP) is -1.58. The second-order valence-electron chi connectivity index (χ2n) is 3.66. The summed E-state index contributed by atoms with van der Waals surface area (Å²) in [6.07, 6.45) is 2.66. The first-order valence-electron chi connectivity index (χ1n) is 5.06. The van der Waals surface area contributed by atoms with Crippen molar-refractivity contribution in [3.05, 3.63) is 12.2 Å². The van der Waals surface area contributed by atoms with Crippen LogP contribution in [0, 0.1) is 0 Å². The maximum Gasteiger partial charge on any atom is 0.254 e. The van der Waals surface area contributed by atoms with Crippen molar-refractivity contribution in [2.75, 3.05) is 0 Å². The molecule has 1 atom stereocenters. The third-order valence-electron chi connectivity index (χ3n) is 2.38. The summed E-state index contributed by atoms with van der Waals surface area (Å²) in [4.78, 5) is 45.2. The summed E-state index contributed by atoms with van der Waals surface area (Å²) < 4.78 is 0. The van der Waals surface area contributed by atoms with Gasteiger partial charge in [-0.05, 0) is 12.8 Å². The summed E-state index contributed by atoms with van der Waals surface area (Å²) in [7, 11) is 0. The van der Waals surface area contributed by atoms with Crippen LogP contribution < -0.4 is 11.5 Å². The van der Waals surface area contributed by atoms with Gasteiger partial charge in [-0.3, -0.25) is 24.1 Å². The molecule has 4 N–H and O–H groups in total. The van der Waals surface area contributed by atoms with E-state index in [0.29, 0.717) is 6.42 Å². The third-order valence-corrected chi connectivity index (χ3v) is 2.38. The van der Waals surface area contributed by atoms with Gasteiger partial charge in [-0.2, -0.15) is 0 Å². The molecule has 1 rings (SSSR count). The number of nitrogens with two attached hydrogens (primary N) is 2. The van der Waals surface area contributed by atoms with Crippen molar-refractivity contribution in [1.82, 2.24) is 4.90 Å². The van der Waals surface area contributed by atoms with Gasteiger partial charge in [0.2, 0.25) is 11.8 Å². The molecule has 1 unspecified atom stereocenters. The molecule has 17 heavy (non-hydrogen) atoms. The summed E-state index contributed by atoms with van der Waals surface area (Å²) in [5.74, 6) is -2.43. The zero-order valence-corrected chi connectivity index (χ0v) is 9.09. The minimum atomic E-state index is -1.02. The van der Waals surface area contributed by atoms with Crippen LogP contribution in [0.25, 0.3) is 0 Å². The maximum atomic E-state index is 11.3. The van der Waals surface area contributed by atoms with Crippen LogP contribution >= 0.6 is 0 Å². The SMILES string of the molecule is NC(=O)CCCC(C(N)=O)N1C(=O)C=CC1=O.